The van der Waals surface area contributed by atoms with Crippen molar-refractivity contribution in [2.45, 2.75) is 124 Å². The van der Waals surface area contributed by atoms with E-state index in [4.69, 9.17) is 5.73 Å². The lowest BCUT2D eigenvalue weighted by Crippen LogP contribution is -2.60. The van der Waals surface area contributed by atoms with Crippen molar-refractivity contribution in [2.24, 2.45) is 23.0 Å². The smallest absolute Gasteiger partial charge is 0.243 e. The zero-order valence-electron chi connectivity index (χ0n) is 32.8. The summed E-state index contributed by atoms with van der Waals surface area (Å²) in [5.41, 5.74) is 6.54. The van der Waals surface area contributed by atoms with E-state index in [1.54, 1.807) is 34.6 Å². The summed E-state index contributed by atoms with van der Waals surface area (Å²) in [5, 5.41) is 14.1. The van der Waals surface area contributed by atoms with Crippen LogP contribution in [0, 0.1) is 17.3 Å². The number of unbranched alkanes of at least 4 members (excludes halogenated alkanes) is 1. The van der Waals surface area contributed by atoms with Gasteiger partial charge in [-0.15, -0.1) is 0 Å². The van der Waals surface area contributed by atoms with Gasteiger partial charge < -0.3 is 32.3 Å². The van der Waals surface area contributed by atoms with E-state index in [1.807, 2.05) is 74.5 Å². The maximum Gasteiger partial charge on any atom is 0.243 e. The van der Waals surface area contributed by atoms with Crippen LogP contribution in [0.15, 0.2) is 60.7 Å². The molecule has 2 aromatic carbocycles. The third kappa shape index (κ3) is 15.9. The number of ketones is 1. The Bertz CT molecular complexity index is 1490. The fourth-order valence-corrected chi connectivity index (χ4v) is 5.95. The molecule has 0 saturated heterocycles. The van der Waals surface area contributed by atoms with Gasteiger partial charge in [0.2, 0.25) is 29.5 Å². The highest BCUT2D eigenvalue weighted by molar-refractivity contribution is 5.97. The Kier molecular flexibility index (Phi) is 18.4. The molecule has 2 rings (SSSR count). The second-order valence-electron chi connectivity index (χ2n) is 15.6. The van der Waals surface area contributed by atoms with E-state index in [0.717, 1.165) is 11.1 Å². The molecule has 12 heteroatoms. The lowest BCUT2D eigenvalue weighted by molar-refractivity contribution is -0.136. The molecule has 0 saturated carbocycles. The summed E-state index contributed by atoms with van der Waals surface area (Å²) in [7, 11) is 0. The highest BCUT2D eigenvalue weighted by Crippen LogP contribution is 2.20. The summed E-state index contributed by atoms with van der Waals surface area (Å²) >= 11 is 0. The van der Waals surface area contributed by atoms with Crippen molar-refractivity contribution in [3.05, 3.63) is 71.8 Å². The van der Waals surface area contributed by atoms with Gasteiger partial charge in [0, 0.05) is 18.8 Å². The van der Waals surface area contributed by atoms with Crippen LogP contribution in [0.25, 0.3) is 0 Å². The third-order valence-corrected chi connectivity index (χ3v) is 8.80. The fraction of sp³-hybridized carbons (Fsp3) is 0.561. The molecule has 5 amide bonds. The molecule has 0 bridgehead atoms. The van der Waals surface area contributed by atoms with Crippen molar-refractivity contribution in [3.63, 3.8) is 0 Å². The molecular weight excluding hydrogens is 672 g/mol. The van der Waals surface area contributed by atoms with Crippen LogP contribution in [0.5, 0.6) is 0 Å². The van der Waals surface area contributed by atoms with Crippen molar-refractivity contribution >= 4 is 35.3 Å². The number of nitrogens with two attached hydrogens (primary N) is 1. The molecule has 0 aliphatic heterocycles. The maximum absolute atomic E-state index is 14.1. The first kappa shape index (κ1) is 44.6. The third-order valence-electron chi connectivity index (χ3n) is 8.80. The van der Waals surface area contributed by atoms with Crippen LogP contribution in [0.2, 0.25) is 0 Å². The van der Waals surface area contributed by atoms with Crippen molar-refractivity contribution in [2.75, 3.05) is 6.54 Å². The topological polar surface area (TPSA) is 189 Å². The fourth-order valence-electron chi connectivity index (χ4n) is 5.95. The van der Waals surface area contributed by atoms with Crippen LogP contribution < -0.4 is 32.3 Å². The Labute approximate surface area is 315 Å². The summed E-state index contributed by atoms with van der Waals surface area (Å²) in [6.07, 6.45) is 2.34. The van der Waals surface area contributed by atoms with Gasteiger partial charge in [0.25, 0.3) is 0 Å². The van der Waals surface area contributed by atoms with Crippen LogP contribution in [0.3, 0.4) is 0 Å². The van der Waals surface area contributed by atoms with Gasteiger partial charge in [0.1, 0.15) is 24.2 Å². The van der Waals surface area contributed by atoms with Crippen LogP contribution in [-0.2, 0) is 41.6 Å². The second kappa shape index (κ2) is 21.8. The molecule has 0 heterocycles. The Morgan fingerprint density at radius 1 is 0.604 bits per heavy atom. The summed E-state index contributed by atoms with van der Waals surface area (Å²) < 4.78 is 0. The number of Topliss-reactive ketones (excluding diaryl/α,β-unsaturated/α-hetero) is 1. The molecule has 5 atom stereocenters. The minimum Gasteiger partial charge on any atom is -0.345 e. The molecule has 292 valence electrons. The molecule has 2 aromatic rings. The Hall–Kier alpha value is -4.58. The number of amides is 5. The number of rotatable bonds is 21. The van der Waals surface area contributed by atoms with Crippen LogP contribution >= 0.6 is 0 Å². The molecule has 7 N–H and O–H groups in total. The van der Waals surface area contributed by atoms with Crippen molar-refractivity contribution in [1.82, 2.24) is 26.6 Å². The average molecular weight is 735 g/mol. The van der Waals surface area contributed by atoms with E-state index in [1.165, 1.54) is 6.92 Å². The van der Waals surface area contributed by atoms with Crippen LogP contribution in [-0.4, -0.2) is 72.1 Å². The van der Waals surface area contributed by atoms with Gasteiger partial charge in [-0.3, -0.25) is 28.8 Å². The van der Waals surface area contributed by atoms with E-state index in [9.17, 15) is 28.8 Å². The Morgan fingerprint density at radius 3 is 1.55 bits per heavy atom. The SMILES string of the molecule is CC(=O)NC(CCCCN)C(=O)NC(CC(C)C)C(=O)NC(C(=O)NC(Cc1ccccc1)C(=O)NC(Cc1ccccc1)C(=O)C(C)(C)C)C(C)C. The molecular formula is C41H62N6O6. The first-order valence-electron chi connectivity index (χ1n) is 18.7. The predicted octanol–water partition coefficient (Wildman–Crippen LogP) is 3.36. The molecule has 0 radical (unpaired) electrons. The minimum absolute atomic E-state index is 0.00687. The average Bonchev–Trinajstić information content (AvgIpc) is 3.08. The lowest BCUT2D eigenvalue weighted by Gasteiger charge is -2.30. The summed E-state index contributed by atoms with van der Waals surface area (Å²) in [6.45, 7) is 14.5. The lowest BCUT2D eigenvalue weighted by atomic mass is 9.84. The van der Waals surface area contributed by atoms with E-state index in [0.29, 0.717) is 25.8 Å². The first-order valence-corrected chi connectivity index (χ1v) is 18.7. The van der Waals surface area contributed by atoms with Crippen LogP contribution in [0.4, 0.5) is 0 Å². The number of benzene rings is 2. The molecule has 0 spiro atoms. The highest BCUT2D eigenvalue weighted by atomic mass is 16.2. The van der Waals surface area contributed by atoms with E-state index in [-0.39, 0.29) is 36.9 Å². The second-order valence-corrected chi connectivity index (χ2v) is 15.6. The predicted molar refractivity (Wildman–Crippen MR) is 207 cm³/mol. The molecule has 0 fully saturated rings. The zero-order valence-corrected chi connectivity index (χ0v) is 32.8. The van der Waals surface area contributed by atoms with Gasteiger partial charge >= 0.3 is 0 Å². The van der Waals surface area contributed by atoms with E-state index in [2.05, 4.69) is 26.6 Å². The van der Waals surface area contributed by atoms with Gasteiger partial charge in [-0.05, 0) is 61.6 Å². The van der Waals surface area contributed by atoms with E-state index < -0.39 is 65.2 Å². The normalized spacial score (nSPS) is 14.3. The number of hydrogen-bond acceptors (Lipinski definition) is 7. The number of carbonyl (C=O) groups excluding carboxylic acids is 6. The first-order chi connectivity index (χ1) is 24.9. The summed E-state index contributed by atoms with van der Waals surface area (Å²) in [6, 6.07) is 13.8. The Morgan fingerprint density at radius 2 is 1.08 bits per heavy atom. The van der Waals surface area contributed by atoms with Gasteiger partial charge in [-0.25, -0.2) is 0 Å². The van der Waals surface area contributed by atoms with Crippen molar-refractivity contribution in [3.8, 4) is 0 Å². The van der Waals surface area contributed by atoms with Crippen LogP contribution in [0.1, 0.15) is 92.2 Å². The summed E-state index contributed by atoms with van der Waals surface area (Å²) in [5.74, 6) is -3.09. The maximum atomic E-state index is 14.1. The van der Waals surface area contributed by atoms with Gasteiger partial charge in [-0.2, -0.15) is 0 Å². The monoisotopic (exact) mass is 734 g/mol. The standard InChI is InChI=1S/C41H62N6O6/c1-26(2)23-33(45-37(50)31(43-28(5)48)21-15-16-22-42)39(52)47-35(27(3)4)40(53)46-34(25-30-19-13-10-14-20-30)38(51)44-32(36(49)41(6,7)8)24-29-17-11-9-12-18-29/h9-14,17-20,26-27,31-35H,15-16,21-25,42H2,1-8H3,(H,43,48)(H,44,51)(H,45,50)(H,46,53)(H,47,52). The van der Waals surface area contributed by atoms with Gasteiger partial charge in [-0.1, -0.05) is 109 Å². The van der Waals surface area contributed by atoms with E-state index >= 15 is 0 Å². The largest absolute Gasteiger partial charge is 0.345 e. The molecule has 5 unspecified atom stereocenters. The number of nitrogens with one attached hydrogen (secondary N) is 5. The molecule has 0 aliphatic carbocycles. The molecule has 0 aliphatic rings. The quantitative estimate of drug-likeness (QED) is 0.106. The van der Waals surface area contributed by atoms with Gasteiger partial charge in [0.15, 0.2) is 5.78 Å². The Balaban J connectivity index is 2.35. The molecule has 0 aromatic heterocycles. The van der Waals surface area contributed by atoms with Gasteiger partial charge in [0.05, 0.1) is 6.04 Å². The zero-order chi connectivity index (χ0) is 39.7. The van der Waals surface area contributed by atoms with Crippen molar-refractivity contribution < 1.29 is 28.8 Å². The number of hydrogen-bond donors (Lipinski definition) is 6. The molecule has 53 heavy (non-hydrogen) atoms. The van der Waals surface area contributed by atoms with Crippen molar-refractivity contribution in [1.29, 1.82) is 0 Å². The summed E-state index contributed by atoms with van der Waals surface area (Å²) in [4.78, 5) is 80.7. The highest BCUT2D eigenvalue weighted by Gasteiger charge is 2.35. The number of carbonyl (C=O) groups is 6. The molecule has 12 nitrogen and oxygen atoms in total. The minimum atomic E-state index is -1.08.